The molecule has 0 aromatic carbocycles. The number of hydrogen-bond acceptors (Lipinski definition) is 10. The van der Waals surface area contributed by atoms with Crippen LogP contribution in [0.5, 0.6) is 0 Å². The van der Waals surface area contributed by atoms with Gasteiger partial charge in [-0.15, -0.1) is 0 Å². The Kier molecular flexibility index (Phi) is 15.3. The van der Waals surface area contributed by atoms with Crippen LogP contribution in [0.4, 0.5) is 0 Å². The summed E-state index contributed by atoms with van der Waals surface area (Å²) in [4.78, 5) is 21.2. The molecule has 0 aromatic heterocycles. The Hall–Kier alpha value is 1.87. The number of ether oxygens (including phenoxy) is 2. The van der Waals surface area contributed by atoms with Crippen LogP contribution in [0.3, 0.4) is 0 Å². The average molecular weight is 390 g/mol. The van der Waals surface area contributed by atoms with Crippen molar-refractivity contribution in [2.75, 3.05) is 13.2 Å². The van der Waals surface area contributed by atoms with Gasteiger partial charge in [-0.05, 0) is 6.42 Å². The van der Waals surface area contributed by atoms with Gasteiger partial charge >= 0.3 is 59.1 Å². The summed E-state index contributed by atoms with van der Waals surface area (Å²) in [6.45, 7) is 2.05. The second kappa shape index (κ2) is 13.1. The first-order valence-electron chi connectivity index (χ1n) is 6.83. The van der Waals surface area contributed by atoms with Gasteiger partial charge in [-0.1, -0.05) is 13.3 Å². The average Bonchev–Trinajstić information content (AvgIpc) is 2.42. The van der Waals surface area contributed by atoms with Gasteiger partial charge in [0.05, 0.1) is 14.4 Å². The first kappa shape index (κ1) is 28.1. The van der Waals surface area contributed by atoms with Crippen molar-refractivity contribution in [2.24, 2.45) is 0 Å². The Morgan fingerprint density at radius 3 is 2.25 bits per heavy atom. The van der Waals surface area contributed by atoms with E-state index in [1.54, 1.807) is 0 Å². The molecule has 0 bridgehead atoms. The third-order valence-corrected chi connectivity index (χ3v) is 3.62. The van der Waals surface area contributed by atoms with Crippen LogP contribution in [0.25, 0.3) is 0 Å². The quantitative estimate of drug-likeness (QED) is 0.177. The molecule has 0 amide bonds. The zero-order valence-corrected chi connectivity index (χ0v) is 18.9. The molecular weight excluding hydrogens is 369 g/mol. The molecule has 1 saturated heterocycles. The Labute approximate surface area is 184 Å². The zero-order chi connectivity index (χ0) is 16.9. The number of aliphatic hydroxyl groups is 4. The van der Waals surface area contributed by atoms with Crippen LogP contribution in [0.15, 0.2) is 0 Å². The van der Waals surface area contributed by atoms with Crippen LogP contribution in [-0.4, -0.2) is 70.4 Å². The molecule has 0 saturated carbocycles. The second-order valence-electron chi connectivity index (χ2n) is 4.99. The van der Waals surface area contributed by atoms with Gasteiger partial charge < -0.3 is 48.8 Å². The van der Waals surface area contributed by atoms with Crippen molar-refractivity contribution < 1.29 is 108 Å². The van der Waals surface area contributed by atoms with Gasteiger partial charge in [-0.2, -0.15) is 0 Å². The van der Waals surface area contributed by atoms with Crippen molar-refractivity contribution in [1.29, 1.82) is 0 Å². The van der Waals surface area contributed by atoms with E-state index < -0.39 is 44.6 Å². The van der Waals surface area contributed by atoms with E-state index in [0.717, 1.165) is 12.8 Å². The predicted molar refractivity (Wildman–Crippen MR) is 67.1 cm³/mol. The van der Waals surface area contributed by atoms with E-state index in [9.17, 15) is 34.8 Å². The molecule has 13 heteroatoms. The van der Waals surface area contributed by atoms with Crippen molar-refractivity contribution >= 4 is 7.82 Å². The second-order valence-corrected chi connectivity index (χ2v) is 6.09. The maximum Gasteiger partial charge on any atom is 1.00 e. The predicted octanol–water partition coefficient (Wildman–Crippen LogP) is -9.18. The van der Waals surface area contributed by atoms with Crippen LogP contribution in [0.1, 0.15) is 19.8 Å². The summed E-state index contributed by atoms with van der Waals surface area (Å²) in [6, 6.07) is 0. The maximum atomic E-state index is 10.6. The van der Waals surface area contributed by atoms with E-state index in [1.165, 1.54) is 0 Å². The number of phosphoric ester groups is 1. The Morgan fingerprint density at radius 2 is 1.75 bits per heavy atom. The number of hydrogen-bond donors (Lipinski definition) is 4. The van der Waals surface area contributed by atoms with Crippen LogP contribution in [-0.2, 0) is 18.6 Å². The summed E-state index contributed by atoms with van der Waals surface area (Å²) in [6.07, 6.45) is -8.83. The van der Waals surface area contributed by atoms with Crippen molar-refractivity contribution in [2.45, 2.75) is 56.6 Å². The smallest absolute Gasteiger partial charge is 0.790 e. The molecule has 0 aliphatic carbocycles. The summed E-state index contributed by atoms with van der Waals surface area (Å²) in [5.41, 5.74) is 0. The summed E-state index contributed by atoms with van der Waals surface area (Å²) in [7, 11) is -5.50. The van der Waals surface area contributed by atoms with Gasteiger partial charge in [0.25, 0.3) is 0 Å². The maximum absolute atomic E-state index is 10.6. The number of phosphoric acid groups is 1. The molecule has 24 heavy (non-hydrogen) atoms. The van der Waals surface area contributed by atoms with Crippen LogP contribution >= 0.6 is 7.82 Å². The van der Waals surface area contributed by atoms with Crippen LogP contribution in [0, 0.1) is 0 Å². The van der Waals surface area contributed by atoms with E-state index in [-0.39, 0.29) is 65.7 Å². The van der Waals surface area contributed by atoms with Gasteiger partial charge in [0.1, 0.15) is 30.5 Å². The largest absolute Gasteiger partial charge is 1.00 e. The molecule has 4 N–H and O–H groups in total. The third-order valence-electron chi connectivity index (χ3n) is 3.15. The number of rotatable bonds is 8. The third kappa shape index (κ3) is 9.18. The Bertz CT molecular complexity index is 384. The van der Waals surface area contributed by atoms with Crippen molar-refractivity contribution in [3.05, 3.63) is 0 Å². The molecular formula is C11H21Na2O10P. The van der Waals surface area contributed by atoms with E-state index in [2.05, 4.69) is 4.52 Å². The topological polar surface area (TPSA) is 172 Å². The Balaban J connectivity index is 0. The van der Waals surface area contributed by atoms with Gasteiger partial charge in [0.15, 0.2) is 6.29 Å². The summed E-state index contributed by atoms with van der Waals surface area (Å²) in [5.74, 6) is 0. The van der Waals surface area contributed by atoms with Gasteiger partial charge in [0.2, 0.25) is 0 Å². The molecule has 0 spiro atoms. The fourth-order valence-corrected chi connectivity index (χ4v) is 2.38. The summed E-state index contributed by atoms with van der Waals surface area (Å²) >= 11 is 0. The van der Waals surface area contributed by atoms with Crippen LogP contribution in [0.2, 0.25) is 0 Å². The first-order chi connectivity index (χ1) is 10.2. The monoisotopic (exact) mass is 390 g/mol. The minimum Gasteiger partial charge on any atom is -0.790 e. The van der Waals surface area contributed by atoms with Gasteiger partial charge in [-0.3, -0.25) is 0 Å². The molecule has 1 rings (SSSR count). The van der Waals surface area contributed by atoms with Crippen LogP contribution < -0.4 is 68.9 Å². The van der Waals surface area contributed by atoms with Gasteiger partial charge in [-0.25, -0.2) is 0 Å². The van der Waals surface area contributed by atoms with Crippen molar-refractivity contribution in [3.63, 3.8) is 0 Å². The molecule has 1 aliphatic heterocycles. The van der Waals surface area contributed by atoms with E-state index in [0.29, 0.717) is 6.61 Å². The normalized spacial score (nSPS) is 31.7. The van der Waals surface area contributed by atoms with E-state index in [4.69, 9.17) is 9.47 Å². The molecule has 2 unspecified atom stereocenters. The molecule has 0 aromatic rings. The van der Waals surface area contributed by atoms with Crippen molar-refractivity contribution in [1.82, 2.24) is 0 Å². The molecule has 1 aliphatic rings. The molecule has 1 fully saturated rings. The zero-order valence-electron chi connectivity index (χ0n) is 14.0. The molecule has 10 nitrogen and oxygen atoms in total. The fourth-order valence-electron chi connectivity index (χ4n) is 1.95. The van der Waals surface area contributed by atoms with Crippen molar-refractivity contribution in [3.8, 4) is 0 Å². The molecule has 6 atom stereocenters. The first-order valence-corrected chi connectivity index (χ1v) is 8.29. The SMILES string of the molecule is CCCCOC[C@@H](O)C1O[C@@H](OP(=O)([O-])[O-])C(O)[C@@H](O)[C@@H]1O.[Na+].[Na+]. The number of aliphatic hydroxyl groups excluding tert-OH is 4. The van der Waals surface area contributed by atoms with E-state index >= 15 is 0 Å². The van der Waals surface area contributed by atoms with Gasteiger partial charge in [0, 0.05) is 6.61 Å². The molecule has 0 radical (unpaired) electrons. The summed E-state index contributed by atoms with van der Waals surface area (Å²) in [5, 5.41) is 38.8. The molecule has 132 valence electrons. The minimum absolute atomic E-state index is 0. The standard InChI is InChI=1S/C11H23O10P.2Na/c1-2-3-4-19-5-6(12)10-8(14)7(13)9(15)11(20-10)21-22(16,17)18;;/h6-15H,2-5H2,1H3,(H2,16,17,18);;/q;2*+1/p-2/t6-,7+,8+,9?,10?,11+;;/m1../s1. The minimum atomic E-state index is -5.50. The van der Waals surface area contributed by atoms with E-state index in [1.807, 2.05) is 6.92 Å². The summed E-state index contributed by atoms with van der Waals surface area (Å²) < 4.78 is 24.6. The Morgan fingerprint density at radius 1 is 1.17 bits per heavy atom. The fraction of sp³-hybridized carbons (Fsp3) is 1.00. The number of unbranched alkanes of at least 4 members (excludes halogenated alkanes) is 1. The molecule has 1 heterocycles.